The topological polar surface area (TPSA) is 75.4 Å². The highest BCUT2D eigenvalue weighted by atomic mass is 32.2. The van der Waals surface area contributed by atoms with Crippen LogP contribution >= 0.6 is 0 Å². The molecule has 0 saturated heterocycles. The molecule has 0 bridgehead atoms. The molecule has 1 saturated carbocycles. The van der Waals surface area contributed by atoms with Crippen LogP contribution < -0.4 is 10.5 Å². The molecule has 118 valence electrons. The number of sulfonamides is 1. The van der Waals surface area contributed by atoms with E-state index >= 15 is 0 Å². The molecule has 21 heavy (non-hydrogen) atoms. The molecule has 1 atom stereocenters. The quantitative estimate of drug-likeness (QED) is 0.788. The maximum absolute atomic E-state index is 13.3. The minimum absolute atomic E-state index is 0.0497. The van der Waals surface area contributed by atoms with Crippen molar-refractivity contribution >= 4 is 10.0 Å². The second kappa shape index (κ2) is 6.39. The average molecular weight is 315 g/mol. The van der Waals surface area contributed by atoms with E-state index in [1.54, 1.807) is 0 Å². The first-order valence-electron chi connectivity index (χ1n) is 7.05. The Balaban J connectivity index is 2.09. The van der Waals surface area contributed by atoms with Gasteiger partial charge in [0.2, 0.25) is 10.0 Å². The Morgan fingerprint density at radius 2 is 2.14 bits per heavy atom. The number of hydrogen-bond donors (Lipinski definition) is 2. The van der Waals surface area contributed by atoms with Crippen molar-refractivity contribution in [1.29, 1.82) is 0 Å². The lowest BCUT2D eigenvalue weighted by atomic mass is 10.2. The second-order valence-electron chi connectivity index (χ2n) is 5.55. The molecule has 0 aliphatic heterocycles. The highest BCUT2D eigenvalue weighted by Gasteiger charge is 2.30. The van der Waals surface area contributed by atoms with Crippen LogP contribution in [0, 0.1) is 5.82 Å². The largest absolute Gasteiger partial charge is 0.326 e. The molecule has 0 heterocycles. The lowest BCUT2D eigenvalue weighted by Gasteiger charge is -2.24. The van der Waals surface area contributed by atoms with Crippen molar-refractivity contribution in [3.63, 3.8) is 0 Å². The van der Waals surface area contributed by atoms with Crippen molar-refractivity contribution in [2.75, 3.05) is 13.6 Å². The fraction of sp³-hybridized carbons (Fsp3) is 0.571. The smallest absolute Gasteiger partial charge is 0.241 e. The number of benzene rings is 1. The molecule has 5 nitrogen and oxygen atoms in total. The van der Waals surface area contributed by atoms with E-state index in [2.05, 4.69) is 9.62 Å². The van der Waals surface area contributed by atoms with Crippen LogP contribution in [0.3, 0.4) is 0 Å². The van der Waals surface area contributed by atoms with E-state index in [0.717, 1.165) is 18.9 Å². The minimum atomic E-state index is -3.76. The molecule has 1 aliphatic carbocycles. The normalized spacial score (nSPS) is 17.2. The zero-order valence-corrected chi connectivity index (χ0v) is 13.2. The Bertz CT molecular complexity index is 602. The summed E-state index contributed by atoms with van der Waals surface area (Å²) < 4.78 is 40.5. The predicted molar refractivity (Wildman–Crippen MR) is 79.7 cm³/mol. The maximum Gasteiger partial charge on any atom is 0.241 e. The summed E-state index contributed by atoms with van der Waals surface area (Å²) in [7, 11) is -1.77. The summed E-state index contributed by atoms with van der Waals surface area (Å²) in [6.45, 7) is 2.31. The van der Waals surface area contributed by atoms with Crippen LogP contribution in [-0.4, -0.2) is 39.0 Å². The number of rotatable bonds is 7. The van der Waals surface area contributed by atoms with Gasteiger partial charge in [-0.2, -0.15) is 0 Å². The summed E-state index contributed by atoms with van der Waals surface area (Å²) in [4.78, 5) is 2.09. The first-order valence-corrected chi connectivity index (χ1v) is 8.53. The molecule has 0 aromatic heterocycles. The zero-order chi connectivity index (χ0) is 15.6. The summed E-state index contributed by atoms with van der Waals surface area (Å²) in [5.74, 6) is -0.587. The molecule has 7 heteroatoms. The average Bonchev–Trinajstić information content (AvgIpc) is 3.28. The number of nitrogens with one attached hydrogen (secondary N) is 1. The first-order chi connectivity index (χ1) is 9.85. The summed E-state index contributed by atoms with van der Waals surface area (Å²) in [6, 6.07) is 4.27. The van der Waals surface area contributed by atoms with E-state index in [9.17, 15) is 12.8 Å². The molecule has 1 aliphatic rings. The Morgan fingerprint density at radius 3 is 2.71 bits per heavy atom. The van der Waals surface area contributed by atoms with Gasteiger partial charge in [0.15, 0.2) is 0 Å². The zero-order valence-electron chi connectivity index (χ0n) is 12.3. The molecule has 2 rings (SSSR count). The van der Waals surface area contributed by atoms with Crippen LogP contribution in [0.15, 0.2) is 23.1 Å². The van der Waals surface area contributed by atoms with Gasteiger partial charge >= 0.3 is 0 Å². The summed E-state index contributed by atoms with van der Waals surface area (Å²) >= 11 is 0. The van der Waals surface area contributed by atoms with Gasteiger partial charge in [-0.1, -0.05) is 6.07 Å². The van der Waals surface area contributed by atoms with E-state index in [1.807, 2.05) is 14.0 Å². The fourth-order valence-corrected chi connectivity index (χ4v) is 3.62. The van der Waals surface area contributed by atoms with Gasteiger partial charge in [-0.25, -0.2) is 17.5 Å². The molecular weight excluding hydrogens is 293 g/mol. The van der Waals surface area contributed by atoms with E-state index in [1.165, 1.54) is 12.1 Å². The number of hydrogen-bond acceptors (Lipinski definition) is 4. The summed E-state index contributed by atoms with van der Waals surface area (Å²) in [5, 5.41) is 0. The van der Waals surface area contributed by atoms with Crippen LogP contribution in [0.5, 0.6) is 0 Å². The molecule has 1 fully saturated rings. The van der Waals surface area contributed by atoms with Gasteiger partial charge in [0.25, 0.3) is 0 Å². The molecule has 0 amide bonds. The Labute approximate surface area is 125 Å². The molecule has 0 radical (unpaired) electrons. The Kier molecular flexibility index (Phi) is 4.98. The summed E-state index contributed by atoms with van der Waals surface area (Å²) in [5.41, 5.74) is 5.94. The monoisotopic (exact) mass is 315 g/mol. The SMILES string of the molecule is CC(CNS(=O)(=O)c1cc(F)ccc1CN)N(C)C1CC1. The Morgan fingerprint density at radius 1 is 1.48 bits per heavy atom. The van der Waals surface area contributed by atoms with Gasteiger partial charge in [-0.15, -0.1) is 0 Å². The number of nitrogens with zero attached hydrogens (tertiary/aromatic N) is 1. The standard InChI is InChI=1S/C14H22FN3O2S/c1-10(18(2)13-5-6-13)9-17-21(19,20)14-7-12(15)4-3-11(14)8-16/h3-4,7,10,13,17H,5-6,8-9,16H2,1-2H3. The molecule has 1 aromatic rings. The van der Waals surface area contributed by atoms with Gasteiger partial charge in [0, 0.05) is 25.2 Å². The molecule has 3 N–H and O–H groups in total. The number of nitrogens with two attached hydrogens (primary N) is 1. The third-order valence-electron chi connectivity index (χ3n) is 3.93. The van der Waals surface area contributed by atoms with Crippen LogP contribution in [0.25, 0.3) is 0 Å². The fourth-order valence-electron chi connectivity index (χ4n) is 2.24. The third kappa shape index (κ3) is 4.00. The molecule has 0 spiro atoms. The number of halogens is 1. The maximum atomic E-state index is 13.3. The van der Waals surface area contributed by atoms with E-state index in [-0.39, 0.29) is 24.0 Å². The third-order valence-corrected chi connectivity index (χ3v) is 5.43. The van der Waals surface area contributed by atoms with Crippen molar-refractivity contribution in [2.45, 2.75) is 43.3 Å². The van der Waals surface area contributed by atoms with Gasteiger partial charge in [-0.05, 0) is 44.5 Å². The van der Waals surface area contributed by atoms with E-state index < -0.39 is 15.8 Å². The van der Waals surface area contributed by atoms with Crippen LogP contribution in [0.1, 0.15) is 25.3 Å². The van der Waals surface area contributed by atoms with Crippen molar-refractivity contribution in [3.05, 3.63) is 29.6 Å². The summed E-state index contributed by atoms with van der Waals surface area (Å²) in [6.07, 6.45) is 2.32. The van der Waals surface area contributed by atoms with Crippen molar-refractivity contribution < 1.29 is 12.8 Å². The van der Waals surface area contributed by atoms with Crippen LogP contribution in [0.4, 0.5) is 4.39 Å². The van der Waals surface area contributed by atoms with Crippen LogP contribution in [-0.2, 0) is 16.6 Å². The van der Waals surface area contributed by atoms with Gasteiger partial charge in [-0.3, -0.25) is 4.90 Å². The minimum Gasteiger partial charge on any atom is -0.326 e. The first kappa shape index (κ1) is 16.4. The highest BCUT2D eigenvalue weighted by Crippen LogP contribution is 2.26. The lowest BCUT2D eigenvalue weighted by molar-refractivity contribution is 0.248. The van der Waals surface area contributed by atoms with E-state index in [0.29, 0.717) is 11.6 Å². The predicted octanol–water partition coefficient (Wildman–Crippen LogP) is 1.05. The lowest BCUT2D eigenvalue weighted by Crippen LogP contribution is -2.41. The van der Waals surface area contributed by atoms with Gasteiger partial charge in [0.05, 0.1) is 4.90 Å². The molecular formula is C14H22FN3O2S. The Hall–Kier alpha value is -1.02. The van der Waals surface area contributed by atoms with Gasteiger partial charge in [0.1, 0.15) is 5.82 Å². The van der Waals surface area contributed by atoms with Crippen molar-refractivity contribution in [3.8, 4) is 0 Å². The number of likely N-dealkylation sites (N-methyl/N-ethyl adjacent to an activating group) is 1. The highest BCUT2D eigenvalue weighted by molar-refractivity contribution is 7.89. The molecule has 1 unspecified atom stereocenters. The van der Waals surface area contributed by atoms with Crippen molar-refractivity contribution in [1.82, 2.24) is 9.62 Å². The van der Waals surface area contributed by atoms with Gasteiger partial charge < -0.3 is 5.73 Å². The van der Waals surface area contributed by atoms with Crippen molar-refractivity contribution in [2.24, 2.45) is 5.73 Å². The molecule has 1 aromatic carbocycles. The van der Waals surface area contributed by atoms with Crippen LogP contribution in [0.2, 0.25) is 0 Å². The second-order valence-corrected chi connectivity index (χ2v) is 7.29. The van der Waals surface area contributed by atoms with E-state index in [4.69, 9.17) is 5.73 Å².